The second-order valence-corrected chi connectivity index (χ2v) is 6.01. The molecule has 108 valence electrons. The van der Waals surface area contributed by atoms with Gasteiger partial charge in [-0.05, 0) is 41.0 Å². The van der Waals surface area contributed by atoms with Crippen LogP contribution in [0.2, 0.25) is 5.02 Å². The Morgan fingerprint density at radius 1 is 1.40 bits per heavy atom. The van der Waals surface area contributed by atoms with Gasteiger partial charge in [-0.15, -0.1) is 0 Å². The molecule has 1 atom stereocenters. The minimum Gasteiger partial charge on any atom is -0.310 e. The SMILES string of the molecule is CCNC(Cc1c(Br)c(C)nn1C)c1ccccc1Cl. The molecule has 0 fully saturated rings. The van der Waals surface area contributed by atoms with E-state index in [1.165, 1.54) is 5.69 Å². The second-order valence-electron chi connectivity index (χ2n) is 4.81. The number of hydrogen-bond acceptors (Lipinski definition) is 2. The minimum atomic E-state index is 0.180. The first-order valence-electron chi connectivity index (χ1n) is 6.70. The van der Waals surface area contributed by atoms with Crippen LogP contribution in [-0.4, -0.2) is 16.3 Å². The lowest BCUT2D eigenvalue weighted by Crippen LogP contribution is -2.24. The smallest absolute Gasteiger partial charge is 0.0738 e. The first kappa shape index (κ1) is 15.5. The van der Waals surface area contributed by atoms with Crippen molar-refractivity contribution in [3.8, 4) is 0 Å². The molecule has 0 spiro atoms. The fourth-order valence-corrected chi connectivity index (χ4v) is 3.16. The summed E-state index contributed by atoms with van der Waals surface area (Å²) >= 11 is 9.96. The lowest BCUT2D eigenvalue weighted by atomic mass is 10.0. The van der Waals surface area contributed by atoms with Crippen molar-refractivity contribution in [2.24, 2.45) is 7.05 Å². The third-order valence-electron chi connectivity index (χ3n) is 3.39. The van der Waals surface area contributed by atoms with Gasteiger partial charge in [0.05, 0.1) is 15.9 Å². The van der Waals surface area contributed by atoms with E-state index in [1.807, 2.05) is 36.9 Å². The zero-order valence-corrected chi connectivity index (χ0v) is 14.3. The van der Waals surface area contributed by atoms with Crippen LogP contribution in [0.1, 0.15) is 29.9 Å². The van der Waals surface area contributed by atoms with E-state index in [0.29, 0.717) is 0 Å². The van der Waals surface area contributed by atoms with E-state index in [4.69, 9.17) is 11.6 Å². The van der Waals surface area contributed by atoms with Crippen molar-refractivity contribution in [2.75, 3.05) is 6.54 Å². The van der Waals surface area contributed by atoms with Crippen LogP contribution < -0.4 is 5.32 Å². The average molecular weight is 357 g/mol. The van der Waals surface area contributed by atoms with Crippen molar-refractivity contribution in [1.29, 1.82) is 0 Å². The lowest BCUT2D eigenvalue weighted by molar-refractivity contribution is 0.528. The number of halogens is 2. The van der Waals surface area contributed by atoms with Gasteiger partial charge in [-0.1, -0.05) is 36.7 Å². The number of nitrogens with zero attached hydrogens (tertiary/aromatic N) is 2. The molecule has 0 radical (unpaired) electrons. The molecule has 0 amide bonds. The molecule has 1 unspecified atom stereocenters. The van der Waals surface area contributed by atoms with Gasteiger partial charge >= 0.3 is 0 Å². The summed E-state index contributed by atoms with van der Waals surface area (Å²) in [7, 11) is 1.97. The summed E-state index contributed by atoms with van der Waals surface area (Å²) in [4.78, 5) is 0. The van der Waals surface area contributed by atoms with E-state index in [0.717, 1.165) is 33.7 Å². The molecule has 0 aliphatic rings. The average Bonchev–Trinajstić information content (AvgIpc) is 2.65. The fourth-order valence-electron chi connectivity index (χ4n) is 2.39. The zero-order valence-electron chi connectivity index (χ0n) is 12.0. The third kappa shape index (κ3) is 3.25. The van der Waals surface area contributed by atoms with Crippen LogP contribution in [0.4, 0.5) is 0 Å². The predicted molar refractivity (Wildman–Crippen MR) is 87.2 cm³/mol. The van der Waals surface area contributed by atoms with Gasteiger partial charge in [-0.25, -0.2) is 0 Å². The van der Waals surface area contributed by atoms with Crippen LogP contribution in [0.15, 0.2) is 28.7 Å². The second kappa shape index (κ2) is 6.74. The minimum absolute atomic E-state index is 0.180. The quantitative estimate of drug-likeness (QED) is 0.876. The van der Waals surface area contributed by atoms with Crippen LogP contribution >= 0.6 is 27.5 Å². The van der Waals surface area contributed by atoms with Gasteiger partial charge in [0.15, 0.2) is 0 Å². The van der Waals surface area contributed by atoms with Gasteiger partial charge in [0.1, 0.15) is 0 Å². The van der Waals surface area contributed by atoms with Crippen molar-refractivity contribution >= 4 is 27.5 Å². The molecule has 0 saturated heterocycles. The van der Waals surface area contributed by atoms with Gasteiger partial charge < -0.3 is 5.32 Å². The summed E-state index contributed by atoms with van der Waals surface area (Å²) in [6, 6.07) is 8.17. The Kier molecular flexibility index (Phi) is 5.24. The molecule has 1 aromatic heterocycles. The van der Waals surface area contributed by atoms with Gasteiger partial charge in [-0.3, -0.25) is 4.68 Å². The molecule has 1 heterocycles. The molecular formula is C15H19BrClN3. The Morgan fingerprint density at radius 3 is 2.65 bits per heavy atom. The monoisotopic (exact) mass is 355 g/mol. The normalized spacial score (nSPS) is 12.7. The molecule has 20 heavy (non-hydrogen) atoms. The van der Waals surface area contributed by atoms with Crippen molar-refractivity contribution in [3.05, 3.63) is 50.7 Å². The Morgan fingerprint density at radius 2 is 2.10 bits per heavy atom. The zero-order chi connectivity index (χ0) is 14.7. The molecule has 2 rings (SSSR count). The molecule has 0 aliphatic heterocycles. The molecule has 3 nitrogen and oxygen atoms in total. The van der Waals surface area contributed by atoms with Crippen molar-refractivity contribution in [3.63, 3.8) is 0 Å². The largest absolute Gasteiger partial charge is 0.310 e. The highest BCUT2D eigenvalue weighted by Gasteiger charge is 2.19. The van der Waals surface area contributed by atoms with Gasteiger partial charge in [0, 0.05) is 24.5 Å². The summed E-state index contributed by atoms with van der Waals surface area (Å²) < 4.78 is 3.01. The molecule has 0 saturated carbocycles. The Balaban J connectivity index is 2.33. The maximum absolute atomic E-state index is 6.33. The van der Waals surface area contributed by atoms with E-state index < -0.39 is 0 Å². The number of aromatic nitrogens is 2. The van der Waals surface area contributed by atoms with Crippen LogP contribution in [0.25, 0.3) is 0 Å². The maximum Gasteiger partial charge on any atom is 0.0738 e. The van der Waals surface area contributed by atoms with Gasteiger partial charge in [-0.2, -0.15) is 5.10 Å². The molecule has 0 aliphatic carbocycles. The summed E-state index contributed by atoms with van der Waals surface area (Å²) in [5, 5.41) is 8.75. The molecular weight excluding hydrogens is 338 g/mol. The number of aryl methyl sites for hydroxylation is 2. The van der Waals surface area contributed by atoms with E-state index in [1.54, 1.807) is 0 Å². The number of rotatable bonds is 5. The molecule has 0 bridgehead atoms. The lowest BCUT2D eigenvalue weighted by Gasteiger charge is -2.20. The number of nitrogens with one attached hydrogen (secondary N) is 1. The Labute approximate surface area is 133 Å². The Hall–Kier alpha value is -0.840. The van der Waals surface area contributed by atoms with Crippen LogP contribution in [0, 0.1) is 6.92 Å². The molecule has 5 heteroatoms. The van der Waals surface area contributed by atoms with Crippen molar-refractivity contribution in [1.82, 2.24) is 15.1 Å². The summed E-state index contributed by atoms with van der Waals surface area (Å²) in [5.74, 6) is 0. The standard InChI is InChI=1S/C15H19BrClN3/c1-4-18-13(11-7-5-6-8-12(11)17)9-14-15(16)10(2)19-20(14)3/h5-8,13,18H,4,9H2,1-3H3. The molecule has 2 aromatic rings. The van der Waals surface area contributed by atoms with E-state index in [9.17, 15) is 0 Å². The van der Waals surface area contributed by atoms with Crippen LogP contribution in [0.3, 0.4) is 0 Å². The number of benzene rings is 1. The highest BCUT2D eigenvalue weighted by Crippen LogP contribution is 2.29. The van der Waals surface area contributed by atoms with Gasteiger partial charge in [0.2, 0.25) is 0 Å². The first-order valence-corrected chi connectivity index (χ1v) is 7.87. The topological polar surface area (TPSA) is 29.9 Å². The van der Waals surface area contributed by atoms with E-state index >= 15 is 0 Å². The predicted octanol–water partition coefficient (Wildman–Crippen LogP) is 4.04. The van der Waals surface area contributed by atoms with Crippen molar-refractivity contribution < 1.29 is 0 Å². The van der Waals surface area contributed by atoms with Gasteiger partial charge in [0.25, 0.3) is 0 Å². The summed E-state index contributed by atoms with van der Waals surface area (Å²) in [6.07, 6.45) is 0.843. The highest BCUT2D eigenvalue weighted by atomic mass is 79.9. The van der Waals surface area contributed by atoms with Crippen LogP contribution in [0.5, 0.6) is 0 Å². The summed E-state index contributed by atoms with van der Waals surface area (Å²) in [6.45, 7) is 5.00. The molecule has 1 N–H and O–H groups in total. The number of likely N-dealkylation sites (N-methyl/N-ethyl adjacent to an activating group) is 1. The highest BCUT2D eigenvalue weighted by molar-refractivity contribution is 9.10. The maximum atomic E-state index is 6.33. The van der Waals surface area contributed by atoms with Crippen LogP contribution in [-0.2, 0) is 13.5 Å². The summed E-state index contributed by atoms with van der Waals surface area (Å²) in [5.41, 5.74) is 3.31. The first-order chi connectivity index (χ1) is 9.54. The Bertz CT molecular complexity index is 595. The van der Waals surface area contributed by atoms with E-state index in [2.05, 4.69) is 39.3 Å². The van der Waals surface area contributed by atoms with Crippen molar-refractivity contribution in [2.45, 2.75) is 26.3 Å². The number of hydrogen-bond donors (Lipinski definition) is 1. The molecule has 1 aromatic carbocycles. The third-order valence-corrected chi connectivity index (χ3v) is 4.77. The van der Waals surface area contributed by atoms with E-state index in [-0.39, 0.29) is 6.04 Å². The fraction of sp³-hybridized carbons (Fsp3) is 0.400.